The number of hydrogen-bond donors (Lipinski definition) is 0. The third-order valence-electron chi connectivity index (χ3n) is 3.08. The van der Waals surface area contributed by atoms with E-state index >= 15 is 0 Å². The van der Waals surface area contributed by atoms with E-state index in [1.165, 1.54) is 0 Å². The molecule has 1 aliphatic rings. The molecule has 90 valence electrons. The molecule has 0 unspecified atom stereocenters. The van der Waals surface area contributed by atoms with Gasteiger partial charge < -0.3 is 4.90 Å². The number of halogens is 1. The van der Waals surface area contributed by atoms with E-state index in [0.717, 1.165) is 41.5 Å². The predicted octanol–water partition coefficient (Wildman–Crippen LogP) is 3.82. The van der Waals surface area contributed by atoms with Gasteiger partial charge in [0.25, 0.3) is 0 Å². The third-order valence-corrected chi connectivity index (χ3v) is 3.78. The summed E-state index contributed by atoms with van der Waals surface area (Å²) < 4.78 is 0.988. The van der Waals surface area contributed by atoms with Crippen LogP contribution in [0.4, 0.5) is 0 Å². The van der Waals surface area contributed by atoms with Crippen LogP contribution in [0.2, 0.25) is 0 Å². The van der Waals surface area contributed by atoms with Gasteiger partial charge in [0, 0.05) is 28.7 Å². The minimum absolute atomic E-state index is 0.197. The number of carbonyl (C=O) groups is 1. The highest BCUT2D eigenvalue weighted by atomic mass is 79.9. The van der Waals surface area contributed by atoms with E-state index in [1.54, 1.807) is 0 Å². The van der Waals surface area contributed by atoms with Crippen molar-refractivity contribution in [1.29, 1.82) is 0 Å². The standard InChI is InChI=1S/C14H16BrNO/c1-11(12-7-4-5-8-13(12)15)16-10-6-2-3-9-14(16)17/h4-5,7-8H,1-3,6,9-10H2. The number of hydrogen-bond acceptors (Lipinski definition) is 1. The minimum atomic E-state index is 0.197. The molecule has 0 saturated carbocycles. The van der Waals surface area contributed by atoms with E-state index in [9.17, 15) is 4.79 Å². The second-order valence-corrected chi connectivity index (χ2v) is 5.14. The van der Waals surface area contributed by atoms with Gasteiger partial charge in [-0.3, -0.25) is 4.79 Å². The maximum atomic E-state index is 12.0. The van der Waals surface area contributed by atoms with Gasteiger partial charge in [-0.15, -0.1) is 0 Å². The molecule has 0 radical (unpaired) electrons. The molecular weight excluding hydrogens is 278 g/mol. The quantitative estimate of drug-likeness (QED) is 0.812. The molecule has 17 heavy (non-hydrogen) atoms. The van der Waals surface area contributed by atoms with Crippen LogP contribution in [0.5, 0.6) is 0 Å². The summed E-state index contributed by atoms with van der Waals surface area (Å²) in [6, 6.07) is 7.89. The summed E-state index contributed by atoms with van der Waals surface area (Å²) >= 11 is 3.50. The van der Waals surface area contributed by atoms with E-state index in [-0.39, 0.29) is 5.91 Å². The summed E-state index contributed by atoms with van der Waals surface area (Å²) in [4.78, 5) is 13.8. The second-order valence-electron chi connectivity index (χ2n) is 4.28. The Morgan fingerprint density at radius 3 is 2.76 bits per heavy atom. The Labute approximate surface area is 110 Å². The maximum absolute atomic E-state index is 12.0. The molecule has 0 N–H and O–H groups in total. The van der Waals surface area contributed by atoms with Crippen molar-refractivity contribution >= 4 is 27.5 Å². The lowest BCUT2D eigenvalue weighted by Crippen LogP contribution is -2.28. The Balaban J connectivity index is 2.24. The highest BCUT2D eigenvalue weighted by Gasteiger charge is 2.20. The van der Waals surface area contributed by atoms with E-state index in [4.69, 9.17) is 0 Å². The largest absolute Gasteiger partial charge is 0.312 e. The fraction of sp³-hybridized carbons (Fsp3) is 0.357. The summed E-state index contributed by atoms with van der Waals surface area (Å²) in [6.45, 7) is 4.87. The zero-order valence-corrected chi connectivity index (χ0v) is 11.4. The smallest absolute Gasteiger partial charge is 0.226 e. The van der Waals surface area contributed by atoms with E-state index in [1.807, 2.05) is 29.2 Å². The zero-order chi connectivity index (χ0) is 12.3. The normalized spacial score (nSPS) is 16.8. The molecule has 0 atom stereocenters. The number of rotatable bonds is 2. The second kappa shape index (κ2) is 5.50. The fourth-order valence-electron chi connectivity index (χ4n) is 2.11. The topological polar surface area (TPSA) is 20.3 Å². The highest BCUT2D eigenvalue weighted by molar-refractivity contribution is 9.10. The van der Waals surface area contributed by atoms with Gasteiger partial charge in [0.1, 0.15) is 0 Å². The van der Waals surface area contributed by atoms with Gasteiger partial charge in [0.2, 0.25) is 5.91 Å². The molecule has 1 heterocycles. The van der Waals surface area contributed by atoms with E-state index < -0.39 is 0 Å². The average molecular weight is 294 g/mol. The lowest BCUT2D eigenvalue weighted by atomic mass is 10.1. The third kappa shape index (κ3) is 2.78. The Morgan fingerprint density at radius 2 is 2.00 bits per heavy atom. The van der Waals surface area contributed by atoms with Crippen molar-refractivity contribution in [3.05, 3.63) is 40.9 Å². The van der Waals surface area contributed by atoms with Crippen LogP contribution in [0.25, 0.3) is 5.70 Å². The number of amides is 1. The molecule has 1 aromatic rings. The SMILES string of the molecule is C=C(c1ccccc1Br)N1CCCCCC1=O. The van der Waals surface area contributed by atoms with Crippen molar-refractivity contribution in [2.24, 2.45) is 0 Å². The van der Waals surface area contributed by atoms with Crippen LogP contribution < -0.4 is 0 Å². The van der Waals surface area contributed by atoms with Gasteiger partial charge in [-0.05, 0) is 18.9 Å². The minimum Gasteiger partial charge on any atom is -0.312 e. The Kier molecular flexibility index (Phi) is 4.00. The first-order valence-electron chi connectivity index (χ1n) is 5.94. The lowest BCUT2D eigenvalue weighted by Gasteiger charge is -2.23. The first-order chi connectivity index (χ1) is 8.20. The summed E-state index contributed by atoms with van der Waals surface area (Å²) in [5, 5.41) is 0. The molecular formula is C14H16BrNO. The lowest BCUT2D eigenvalue weighted by molar-refractivity contribution is -0.127. The molecule has 0 spiro atoms. The predicted molar refractivity (Wildman–Crippen MR) is 73.4 cm³/mol. The molecule has 2 rings (SSSR count). The van der Waals surface area contributed by atoms with E-state index in [2.05, 4.69) is 22.5 Å². The molecule has 1 saturated heterocycles. The maximum Gasteiger partial charge on any atom is 0.226 e. The number of nitrogens with zero attached hydrogens (tertiary/aromatic N) is 1. The van der Waals surface area contributed by atoms with Crippen molar-refractivity contribution in [2.75, 3.05) is 6.54 Å². The number of benzene rings is 1. The van der Waals surface area contributed by atoms with Crippen LogP contribution in [0.15, 0.2) is 35.3 Å². The summed E-state index contributed by atoms with van der Waals surface area (Å²) in [7, 11) is 0. The molecule has 1 amide bonds. The first-order valence-corrected chi connectivity index (χ1v) is 6.73. The summed E-state index contributed by atoms with van der Waals surface area (Å²) in [5.74, 6) is 0.197. The van der Waals surface area contributed by atoms with Crippen LogP contribution >= 0.6 is 15.9 Å². The molecule has 0 aliphatic carbocycles. The van der Waals surface area contributed by atoms with Crippen LogP contribution in [-0.4, -0.2) is 17.4 Å². The average Bonchev–Trinajstić information content (AvgIpc) is 2.54. The summed E-state index contributed by atoms with van der Waals surface area (Å²) in [6.07, 6.45) is 3.84. The van der Waals surface area contributed by atoms with Crippen LogP contribution in [0.3, 0.4) is 0 Å². The molecule has 1 aromatic carbocycles. The van der Waals surface area contributed by atoms with Crippen LogP contribution in [-0.2, 0) is 4.79 Å². The Morgan fingerprint density at radius 1 is 1.24 bits per heavy atom. The molecule has 0 bridgehead atoms. The van der Waals surface area contributed by atoms with Gasteiger partial charge in [-0.25, -0.2) is 0 Å². The van der Waals surface area contributed by atoms with Gasteiger partial charge in [-0.1, -0.05) is 47.1 Å². The first kappa shape index (κ1) is 12.4. The number of likely N-dealkylation sites (tertiary alicyclic amines) is 1. The summed E-state index contributed by atoms with van der Waals surface area (Å²) in [5.41, 5.74) is 1.81. The Bertz CT molecular complexity index is 442. The molecule has 1 fully saturated rings. The van der Waals surface area contributed by atoms with Crippen molar-refractivity contribution in [3.63, 3.8) is 0 Å². The van der Waals surface area contributed by atoms with Crippen LogP contribution in [0, 0.1) is 0 Å². The highest BCUT2D eigenvalue weighted by Crippen LogP contribution is 2.27. The van der Waals surface area contributed by atoms with Crippen LogP contribution in [0.1, 0.15) is 31.2 Å². The molecule has 1 aliphatic heterocycles. The molecule has 2 nitrogen and oxygen atoms in total. The molecule has 3 heteroatoms. The zero-order valence-electron chi connectivity index (χ0n) is 9.79. The Hall–Kier alpha value is -1.09. The van der Waals surface area contributed by atoms with Crippen molar-refractivity contribution in [2.45, 2.75) is 25.7 Å². The number of carbonyl (C=O) groups excluding carboxylic acids is 1. The van der Waals surface area contributed by atoms with E-state index in [0.29, 0.717) is 6.42 Å². The van der Waals surface area contributed by atoms with Crippen molar-refractivity contribution in [1.82, 2.24) is 4.90 Å². The monoisotopic (exact) mass is 293 g/mol. The van der Waals surface area contributed by atoms with Gasteiger partial charge >= 0.3 is 0 Å². The van der Waals surface area contributed by atoms with Crippen molar-refractivity contribution < 1.29 is 4.79 Å². The van der Waals surface area contributed by atoms with Gasteiger partial charge in [0.15, 0.2) is 0 Å². The van der Waals surface area contributed by atoms with Gasteiger partial charge in [-0.2, -0.15) is 0 Å². The van der Waals surface area contributed by atoms with Gasteiger partial charge in [0.05, 0.1) is 0 Å². The fourth-order valence-corrected chi connectivity index (χ4v) is 2.62. The van der Waals surface area contributed by atoms with Crippen molar-refractivity contribution in [3.8, 4) is 0 Å². The molecule has 0 aromatic heterocycles.